The number of hydrogen-bond acceptors (Lipinski definition) is 3. The third-order valence-electron chi connectivity index (χ3n) is 4.40. The van der Waals surface area contributed by atoms with Crippen LogP contribution in [0.5, 0.6) is 0 Å². The third-order valence-corrected chi connectivity index (χ3v) is 5.55. The minimum absolute atomic E-state index is 0.0263. The molecule has 1 aliphatic heterocycles. The van der Waals surface area contributed by atoms with Crippen molar-refractivity contribution in [2.24, 2.45) is 10.9 Å². The van der Waals surface area contributed by atoms with E-state index in [9.17, 15) is 8.78 Å². The molecule has 2 nitrogen and oxygen atoms in total. The smallest absolute Gasteiger partial charge is 0.161 e. The SMILES string of the molecule is Cc1ccc(F)c(NC2=NC3(CCCC(C)C3)CS2)c1F. The fraction of sp³-hybridized carbons (Fsp3) is 0.562. The van der Waals surface area contributed by atoms with Gasteiger partial charge < -0.3 is 5.32 Å². The van der Waals surface area contributed by atoms with Crippen LogP contribution >= 0.6 is 11.8 Å². The first-order valence-electron chi connectivity index (χ1n) is 7.43. The molecule has 0 saturated heterocycles. The van der Waals surface area contributed by atoms with Gasteiger partial charge in [0.25, 0.3) is 0 Å². The van der Waals surface area contributed by atoms with Crippen LogP contribution in [-0.2, 0) is 0 Å². The Morgan fingerprint density at radius 1 is 1.38 bits per heavy atom. The molecular weight excluding hydrogens is 290 g/mol. The number of thioether (sulfide) groups is 1. The molecule has 1 fully saturated rings. The van der Waals surface area contributed by atoms with Crippen LogP contribution < -0.4 is 5.32 Å². The third kappa shape index (κ3) is 2.93. The lowest BCUT2D eigenvalue weighted by Gasteiger charge is -2.33. The van der Waals surface area contributed by atoms with E-state index < -0.39 is 11.6 Å². The first-order valence-corrected chi connectivity index (χ1v) is 8.42. The molecule has 114 valence electrons. The van der Waals surface area contributed by atoms with E-state index in [1.54, 1.807) is 18.7 Å². The van der Waals surface area contributed by atoms with E-state index in [0.717, 1.165) is 18.6 Å². The largest absolute Gasteiger partial charge is 0.330 e. The zero-order chi connectivity index (χ0) is 15.0. The highest BCUT2D eigenvalue weighted by molar-refractivity contribution is 8.14. The van der Waals surface area contributed by atoms with E-state index in [1.807, 2.05) is 0 Å². The van der Waals surface area contributed by atoms with Gasteiger partial charge in [-0.15, -0.1) is 0 Å². The van der Waals surface area contributed by atoms with E-state index in [4.69, 9.17) is 4.99 Å². The minimum atomic E-state index is -0.570. The van der Waals surface area contributed by atoms with Gasteiger partial charge in [0.15, 0.2) is 11.0 Å². The molecule has 21 heavy (non-hydrogen) atoms. The Labute approximate surface area is 128 Å². The summed E-state index contributed by atoms with van der Waals surface area (Å²) in [6.45, 7) is 3.89. The Kier molecular flexibility index (Phi) is 3.95. The standard InChI is InChI=1S/C16H20F2N2S/c1-10-4-3-7-16(8-10)9-21-15(20-16)19-14-12(17)6-5-11(2)13(14)18/h5-6,10H,3-4,7-9H2,1-2H3,(H,19,20). The Bertz CT molecular complexity index is 588. The maximum Gasteiger partial charge on any atom is 0.161 e. The highest BCUT2D eigenvalue weighted by Gasteiger charge is 2.39. The van der Waals surface area contributed by atoms with E-state index in [1.165, 1.54) is 25.0 Å². The Hall–Kier alpha value is -1.10. The topological polar surface area (TPSA) is 24.4 Å². The van der Waals surface area contributed by atoms with Gasteiger partial charge in [-0.25, -0.2) is 8.78 Å². The van der Waals surface area contributed by atoms with Gasteiger partial charge in [0, 0.05) is 5.75 Å². The van der Waals surface area contributed by atoms with Crippen LogP contribution in [-0.4, -0.2) is 16.5 Å². The maximum atomic E-state index is 14.0. The van der Waals surface area contributed by atoms with Crippen molar-refractivity contribution >= 4 is 22.6 Å². The molecule has 0 radical (unpaired) electrons. The summed E-state index contributed by atoms with van der Waals surface area (Å²) in [5, 5.41) is 3.51. The van der Waals surface area contributed by atoms with Gasteiger partial charge in [-0.1, -0.05) is 37.6 Å². The zero-order valence-electron chi connectivity index (χ0n) is 12.4. The van der Waals surface area contributed by atoms with Crippen molar-refractivity contribution in [3.8, 4) is 0 Å². The molecule has 1 aromatic carbocycles. The summed E-state index contributed by atoms with van der Waals surface area (Å²) < 4.78 is 27.9. The second-order valence-electron chi connectivity index (χ2n) is 6.31. The summed E-state index contributed by atoms with van der Waals surface area (Å²) in [7, 11) is 0. The number of nitrogens with zero attached hydrogens (tertiary/aromatic N) is 1. The minimum Gasteiger partial charge on any atom is -0.330 e. The van der Waals surface area contributed by atoms with Gasteiger partial charge >= 0.3 is 0 Å². The summed E-state index contributed by atoms with van der Waals surface area (Å²) in [4.78, 5) is 4.77. The summed E-state index contributed by atoms with van der Waals surface area (Å²) >= 11 is 1.57. The Morgan fingerprint density at radius 3 is 2.95 bits per heavy atom. The molecule has 0 aromatic heterocycles. The number of aryl methyl sites for hydroxylation is 1. The second-order valence-corrected chi connectivity index (χ2v) is 7.27. The Balaban J connectivity index is 1.82. The van der Waals surface area contributed by atoms with Crippen LogP contribution in [0.4, 0.5) is 14.5 Å². The molecule has 2 unspecified atom stereocenters. The zero-order valence-corrected chi connectivity index (χ0v) is 13.2. The van der Waals surface area contributed by atoms with Crippen LogP contribution in [0.15, 0.2) is 17.1 Å². The molecule has 0 bridgehead atoms. The van der Waals surface area contributed by atoms with Gasteiger partial charge in [-0.2, -0.15) is 0 Å². The lowest BCUT2D eigenvalue weighted by atomic mass is 9.78. The Morgan fingerprint density at radius 2 is 2.19 bits per heavy atom. The average Bonchev–Trinajstić information content (AvgIpc) is 2.81. The quantitative estimate of drug-likeness (QED) is 0.810. The van der Waals surface area contributed by atoms with Crippen molar-refractivity contribution in [1.29, 1.82) is 0 Å². The van der Waals surface area contributed by atoms with Crippen LogP contribution in [0.3, 0.4) is 0 Å². The fourth-order valence-corrected chi connectivity index (χ4v) is 4.45. The number of halogens is 2. The molecule has 1 aliphatic carbocycles. The van der Waals surface area contributed by atoms with Crippen LogP contribution in [0.1, 0.15) is 38.2 Å². The molecule has 1 aromatic rings. The highest BCUT2D eigenvalue weighted by Crippen LogP contribution is 2.42. The van der Waals surface area contributed by atoms with E-state index >= 15 is 0 Å². The van der Waals surface area contributed by atoms with Crippen LogP contribution in [0.25, 0.3) is 0 Å². The molecule has 5 heteroatoms. The molecule has 3 rings (SSSR count). The maximum absolute atomic E-state index is 14.0. The van der Waals surface area contributed by atoms with Crippen molar-refractivity contribution in [1.82, 2.24) is 0 Å². The summed E-state index contributed by atoms with van der Waals surface area (Å²) in [6, 6.07) is 2.74. The molecule has 2 atom stereocenters. The van der Waals surface area contributed by atoms with E-state index in [0.29, 0.717) is 16.6 Å². The van der Waals surface area contributed by atoms with Gasteiger partial charge in [-0.3, -0.25) is 4.99 Å². The first kappa shape index (κ1) is 14.8. The molecule has 1 spiro atoms. The fourth-order valence-electron chi connectivity index (χ4n) is 3.29. The number of rotatable bonds is 1. The number of nitrogens with one attached hydrogen (secondary N) is 1. The number of amidine groups is 1. The molecule has 1 heterocycles. The van der Waals surface area contributed by atoms with Gasteiger partial charge in [0.1, 0.15) is 11.5 Å². The number of aliphatic imine (C=N–C) groups is 1. The number of hydrogen-bond donors (Lipinski definition) is 1. The van der Waals surface area contributed by atoms with Crippen LogP contribution in [0, 0.1) is 24.5 Å². The first-order chi connectivity index (χ1) is 9.99. The lowest BCUT2D eigenvalue weighted by Crippen LogP contribution is -2.33. The van der Waals surface area contributed by atoms with Gasteiger partial charge in [0.2, 0.25) is 0 Å². The lowest BCUT2D eigenvalue weighted by molar-refractivity contribution is 0.266. The van der Waals surface area contributed by atoms with E-state index in [-0.39, 0.29) is 11.2 Å². The van der Waals surface area contributed by atoms with Crippen molar-refractivity contribution in [3.05, 3.63) is 29.3 Å². The monoisotopic (exact) mass is 310 g/mol. The average molecular weight is 310 g/mol. The summed E-state index contributed by atoms with van der Waals surface area (Å²) in [5.41, 5.74) is 0.326. The molecule has 0 amide bonds. The molecular formula is C16H20F2N2S. The summed E-state index contributed by atoms with van der Waals surface area (Å²) in [5.74, 6) is 0.486. The van der Waals surface area contributed by atoms with Gasteiger partial charge in [0.05, 0.1) is 5.54 Å². The molecule has 2 aliphatic rings. The number of benzene rings is 1. The van der Waals surface area contributed by atoms with Crippen molar-refractivity contribution in [2.75, 3.05) is 11.1 Å². The highest BCUT2D eigenvalue weighted by atomic mass is 32.2. The van der Waals surface area contributed by atoms with Crippen molar-refractivity contribution in [3.63, 3.8) is 0 Å². The number of anilines is 1. The molecule has 1 N–H and O–H groups in total. The summed E-state index contributed by atoms with van der Waals surface area (Å²) in [6.07, 6.45) is 4.59. The van der Waals surface area contributed by atoms with E-state index in [2.05, 4.69) is 12.2 Å². The van der Waals surface area contributed by atoms with Gasteiger partial charge in [-0.05, 0) is 37.3 Å². The van der Waals surface area contributed by atoms with Crippen molar-refractivity contribution < 1.29 is 8.78 Å². The second kappa shape index (κ2) is 5.59. The predicted molar refractivity (Wildman–Crippen MR) is 85.0 cm³/mol. The van der Waals surface area contributed by atoms with Crippen LogP contribution in [0.2, 0.25) is 0 Å². The predicted octanol–water partition coefficient (Wildman–Crippen LogP) is 4.74. The normalized spacial score (nSPS) is 28.8. The van der Waals surface area contributed by atoms with Crippen molar-refractivity contribution in [2.45, 2.75) is 45.1 Å². The molecule has 1 saturated carbocycles.